The van der Waals surface area contributed by atoms with Gasteiger partial charge in [-0.05, 0) is 19.1 Å². The molecular weight excluding hydrogens is 242 g/mol. The molecule has 96 valence electrons. The van der Waals surface area contributed by atoms with Crippen molar-refractivity contribution in [2.75, 3.05) is 6.61 Å². The molecule has 3 heterocycles. The van der Waals surface area contributed by atoms with Crippen LogP contribution in [0.5, 0.6) is 5.88 Å². The van der Waals surface area contributed by atoms with Crippen LogP contribution in [0.4, 0.5) is 0 Å². The van der Waals surface area contributed by atoms with Crippen molar-refractivity contribution < 1.29 is 9.15 Å². The molecule has 0 saturated heterocycles. The molecule has 0 aliphatic heterocycles. The summed E-state index contributed by atoms with van der Waals surface area (Å²) in [6.07, 6.45) is 3.31. The fourth-order valence-corrected chi connectivity index (χ4v) is 1.86. The van der Waals surface area contributed by atoms with Crippen LogP contribution in [0.25, 0.3) is 17.1 Å². The molecule has 19 heavy (non-hydrogen) atoms. The zero-order valence-corrected chi connectivity index (χ0v) is 10.5. The van der Waals surface area contributed by atoms with Gasteiger partial charge in [-0.2, -0.15) is 9.61 Å². The number of hydrogen-bond donors (Lipinski definition) is 0. The number of furan rings is 1. The van der Waals surface area contributed by atoms with Gasteiger partial charge in [0.2, 0.25) is 5.88 Å². The summed E-state index contributed by atoms with van der Waals surface area (Å²) >= 11 is 0. The molecule has 0 N–H and O–H groups in total. The van der Waals surface area contributed by atoms with Gasteiger partial charge < -0.3 is 9.15 Å². The number of aryl methyl sites for hydroxylation is 1. The molecule has 3 aromatic rings. The molecule has 0 aromatic carbocycles. The van der Waals surface area contributed by atoms with Gasteiger partial charge in [0.15, 0.2) is 11.4 Å². The van der Waals surface area contributed by atoms with Crippen molar-refractivity contribution in [3.05, 3.63) is 48.9 Å². The fourth-order valence-electron chi connectivity index (χ4n) is 1.86. The van der Waals surface area contributed by atoms with Crippen LogP contribution in [-0.2, 0) is 0 Å². The Morgan fingerprint density at radius 1 is 1.47 bits per heavy atom. The van der Waals surface area contributed by atoms with E-state index in [9.17, 15) is 0 Å². The van der Waals surface area contributed by atoms with Crippen molar-refractivity contribution in [3.8, 4) is 17.3 Å². The summed E-state index contributed by atoms with van der Waals surface area (Å²) in [6, 6.07) is 7.40. The number of rotatable bonds is 4. The zero-order chi connectivity index (χ0) is 13.2. The van der Waals surface area contributed by atoms with E-state index in [0.717, 1.165) is 17.0 Å². The Bertz CT molecular complexity index is 714. The number of aromatic nitrogens is 3. The third kappa shape index (κ3) is 2.10. The maximum absolute atomic E-state index is 5.59. The van der Waals surface area contributed by atoms with Gasteiger partial charge in [0.1, 0.15) is 12.3 Å². The Balaban J connectivity index is 2.13. The molecule has 0 atom stereocenters. The van der Waals surface area contributed by atoms with E-state index in [-0.39, 0.29) is 0 Å². The molecule has 5 heteroatoms. The molecule has 0 aliphatic rings. The van der Waals surface area contributed by atoms with Crippen molar-refractivity contribution in [1.82, 2.24) is 14.6 Å². The molecular formula is C14H13N3O2. The molecule has 5 nitrogen and oxygen atoms in total. The molecule has 0 spiro atoms. The normalized spacial score (nSPS) is 10.8. The predicted octanol–water partition coefficient (Wildman–Crippen LogP) is 2.86. The first kappa shape index (κ1) is 11.5. The molecule has 0 radical (unpaired) electrons. The Morgan fingerprint density at radius 2 is 2.37 bits per heavy atom. The second-order valence-corrected chi connectivity index (χ2v) is 4.11. The maximum atomic E-state index is 5.59. The molecule has 0 fully saturated rings. The Labute approximate surface area is 110 Å². The van der Waals surface area contributed by atoms with Crippen LogP contribution in [0, 0.1) is 6.92 Å². The first-order chi connectivity index (χ1) is 9.28. The monoisotopic (exact) mass is 255 g/mol. The summed E-state index contributed by atoms with van der Waals surface area (Å²) in [5.41, 5.74) is 2.33. The van der Waals surface area contributed by atoms with Gasteiger partial charge in [-0.15, -0.1) is 0 Å². The summed E-state index contributed by atoms with van der Waals surface area (Å²) in [5, 5.41) is 4.45. The molecule has 3 rings (SSSR count). The van der Waals surface area contributed by atoms with Crippen LogP contribution in [-0.4, -0.2) is 21.2 Å². The first-order valence-electron chi connectivity index (χ1n) is 5.93. The lowest BCUT2D eigenvalue weighted by molar-refractivity contribution is 0.338. The maximum Gasteiger partial charge on any atom is 0.218 e. The number of fused-ring (bicyclic) bond motifs is 1. The Hall–Kier alpha value is -2.56. The van der Waals surface area contributed by atoms with Crippen molar-refractivity contribution in [2.24, 2.45) is 0 Å². The fraction of sp³-hybridized carbons (Fsp3) is 0.143. The highest BCUT2D eigenvalue weighted by molar-refractivity contribution is 5.59. The van der Waals surface area contributed by atoms with Crippen molar-refractivity contribution in [3.63, 3.8) is 0 Å². The Kier molecular flexibility index (Phi) is 2.79. The van der Waals surface area contributed by atoms with E-state index in [0.29, 0.717) is 18.2 Å². The molecule has 0 bridgehead atoms. The SMILES string of the molecule is C=CCOc1cc(C)nc2cc(-c3ccco3)nn12. The van der Waals surface area contributed by atoms with E-state index < -0.39 is 0 Å². The molecule has 0 amide bonds. The smallest absolute Gasteiger partial charge is 0.218 e. The summed E-state index contributed by atoms with van der Waals surface area (Å²) in [4.78, 5) is 4.43. The van der Waals surface area contributed by atoms with Crippen molar-refractivity contribution in [1.29, 1.82) is 0 Å². The number of ether oxygens (including phenoxy) is 1. The van der Waals surface area contributed by atoms with Gasteiger partial charge >= 0.3 is 0 Å². The third-order valence-corrected chi connectivity index (χ3v) is 2.65. The average Bonchev–Trinajstić information content (AvgIpc) is 3.03. The lowest BCUT2D eigenvalue weighted by Crippen LogP contribution is -2.02. The molecule has 0 unspecified atom stereocenters. The lowest BCUT2D eigenvalue weighted by Gasteiger charge is -2.05. The standard InChI is InChI=1S/C14H13N3O2/c1-3-6-19-14-8-10(2)15-13-9-11(16-17(13)14)12-5-4-7-18-12/h3-5,7-9H,1,6H2,2H3. The summed E-state index contributed by atoms with van der Waals surface area (Å²) in [5.74, 6) is 1.35. The minimum atomic E-state index is 0.425. The zero-order valence-electron chi connectivity index (χ0n) is 10.5. The second-order valence-electron chi connectivity index (χ2n) is 4.11. The molecule has 0 aliphatic carbocycles. The molecule has 0 saturated carbocycles. The van der Waals surface area contributed by atoms with Crippen LogP contribution in [0.2, 0.25) is 0 Å². The third-order valence-electron chi connectivity index (χ3n) is 2.65. The summed E-state index contributed by atoms with van der Waals surface area (Å²) < 4.78 is 12.6. The summed E-state index contributed by atoms with van der Waals surface area (Å²) in [6.45, 7) is 5.98. The van der Waals surface area contributed by atoms with Crippen molar-refractivity contribution in [2.45, 2.75) is 6.92 Å². The van der Waals surface area contributed by atoms with Gasteiger partial charge in [0, 0.05) is 17.8 Å². The van der Waals surface area contributed by atoms with Crippen LogP contribution in [0.15, 0.2) is 47.6 Å². The van der Waals surface area contributed by atoms with Gasteiger partial charge in [0.25, 0.3) is 0 Å². The quantitative estimate of drug-likeness (QED) is 0.673. The van der Waals surface area contributed by atoms with E-state index in [2.05, 4.69) is 16.7 Å². The highest BCUT2D eigenvalue weighted by Gasteiger charge is 2.11. The van der Waals surface area contributed by atoms with Gasteiger partial charge in [-0.3, -0.25) is 0 Å². The van der Waals surface area contributed by atoms with Crippen LogP contribution < -0.4 is 4.74 Å². The number of nitrogens with zero attached hydrogens (tertiary/aromatic N) is 3. The average molecular weight is 255 g/mol. The van der Waals surface area contributed by atoms with E-state index in [1.54, 1.807) is 16.9 Å². The van der Waals surface area contributed by atoms with Gasteiger partial charge in [-0.25, -0.2) is 4.98 Å². The second kappa shape index (κ2) is 4.61. The van der Waals surface area contributed by atoms with E-state index in [1.807, 2.05) is 31.2 Å². The largest absolute Gasteiger partial charge is 0.473 e. The van der Waals surface area contributed by atoms with E-state index in [4.69, 9.17) is 9.15 Å². The molecule has 3 aromatic heterocycles. The van der Waals surface area contributed by atoms with Crippen molar-refractivity contribution >= 4 is 5.65 Å². The highest BCUT2D eigenvalue weighted by Crippen LogP contribution is 2.22. The Morgan fingerprint density at radius 3 is 3.11 bits per heavy atom. The van der Waals surface area contributed by atoms with Crippen LogP contribution in [0.1, 0.15) is 5.69 Å². The summed E-state index contributed by atoms with van der Waals surface area (Å²) in [7, 11) is 0. The predicted molar refractivity (Wildman–Crippen MR) is 71.1 cm³/mol. The van der Waals surface area contributed by atoms with E-state index >= 15 is 0 Å². The van der Waals surface area contributed by atoms with Crippen LogP contribution in [0.3, 0.4) is 0 Å². The highest BCUT2D eigenvalue weighted by atomic mass is 16.5. The lowest BCUT2D eigenvalue weighted by atomic mass is 10.3. The minimum Gasteiger partial charge on any atom is -0.473 e. The topological polar surface area (TPSA) is 52.6 Å². The van der Waals surface area contributed by atoms with Gasteiger partial charge in [-0.1, -0.05) is 12.7 Å². The van der Waals surface area contributed by atoms with E-state index in [1.165, 1.54) is 0 Å². The van der Waals surface area contributed by atoms with Crippen LogP contribution >= 0.6 is 0 Å². The number of hydrogen-bond acceptors (Lipinski definition) is 4. The van der Waals surface area contributed by atoms with Gasteiger partial charge in [0.05, 0.1) is 6.26 Å². The minimum absolute atomic E-state index is 0.425. The first-order valence-corrected chi connectivity index (χ1v) is 5.93.